The molecule has 1 aromatic carbocycles. The number of sulfonamides is 1. The van der Waals surface area contributed by atoms with Crippen molar-refractivity contribution in [3.63, 3.8) is 0 Å². The van der Waals surface area contributed by atoms with E-state index in [-0.39, 0.29) is 15.4 Å². The number of nitrogens with two attached hydrogens (primary N) is 1. The number of rotatable bonds is 2. The fraction of sp³-hybridized carbons (Fsp3) is 0. The Morgan fingerprint density at radius 3 is 2.36 bits per heavy atom. The first kappa shape index (κ1) is 11.5. The van der Waals surface area contributed by atoms with Gasteiger partial charge in [-0.05, 0) is 18.2 Å². The summed E-state index contributed by atoms with van der Waals surface area (Å²) in [4.78, 5) is -0.218. The molecule has 76 valence electrons. The molecule has 0 saturated heterocycles. The topological polar surface area (TPSA) is 101 Å². The van der Waals surface area contributed by atoms with Gasteiger partial charge in [0.05, 0.1) is 4.90 Å². The van der Waals surface area contributed by atoms with Crippen molar-refractivity contribution in [3.05, 3.63) is 23.2 Å². The van der Waals surface area contributed by atoms with E-state index in [1.165, 1.54) is 12.1 Å². The first-order valence-corrected chi connectivity index (χ1v) is 5.43. The van der Waals surface area contributed by atoms with E-state index in [1.807, 2.05) is 0 Å². The summed E-state index contributed by atoms with van der Waals surface area (Å²) in [5.41, 5.74) is -0.0989. The predicted molar refractivity (Wildman–Crippen MR) is 52.7 cm³/mol. The molecule has 0 bridgehead atoms. The first-order valence-electron chi connectivity index (χ1n) is 3.51. The van der Waals surface area contributed by atoms with Gasteiger partial charge in [-0.15, -0.1) is 0 Å². The van der Waals surface area contributed by atoms with Crippen LogP contribution >= 0.6 is 11.6 Å². The molecule has 0 aliphatic carbocycles. The molecule has 0 aliphatic rings. The summed E-state index contributed by atoms with van der Waals surface area (Å²) in [6.07, 6.45) is 0. The van der Waals surface area contributed by atoms with Crippen molar-refractivity contribution in [2.45, 2.75) is 4.90 Å². The smallest absolute Gasteiger partial charge is 0.423 e. The summed E-state index contributed by atoms with van der Waals surface area (Å²) in [7, 11) is -5.69. The van der Waals surface area contributed by atoms with Crippen LogP contribution in [0.2, 0.25) is 5.02 Å². The minimum Gasteiger partial charge on any atom is -0.423 e. The van der Waals surface area contributed by atoms with Crippen LogP contribution in [0.25, 0.3) is 0 Å². The summed E-state index contributed by atoms with van der Waals surface area (Å²) >= 11 is 5.59. The molecule has 0 aliphatic heterocycles. The Hall–Kier alpha value is -0.595. The third kappa shape index (κ3) is 2.46. The maximum absolute atomic E-state index is 10.9. The zero-order valence-electron chi connectivity index (χ0n) is 6.88. The van der Waals surface area contributed by atoms with E-state index in [1.54, 1.807) is 0 Å². The highest BCUT2D eigenvalue weighted by Gasteiger charge is 2.18. The molecule has 1 aromatic rings. The van der Waals surface area contributed by atoms with Gasteiger partial charge in [-0.3, -0.25) is 0 Å². The number of halogens is 1. The van der Waals surface area contributed by atoms with Crippen molar-refractivity contribution in [2.24, 2.45) is 5.14 Å². The predicted octanol–water partition coefficient (Wildman–Crippen LogP) is -1.33. The Morgan fingerprint density at radius 1 is 1.36 bits per heavy atom. The maximum atomic E-state index is 10.9. The molecule has 0 unspecified atom stereocenters. The molecule has 0 atom stereocenters. The zero-order chi connectivity index (χ0) is 10.9. The Bertz CT molecular complexity index is 447. The molecule has 5 nitrogen and oxygen atoms in total. The van der Waals surface area contributed by atoms with E-state index in [9.17, 15) is 8.42 Å². The summed E-state index contributed by atoms with van der Waals surface area (Å²) in [5, 5.41) is 22.6. The van der Waals surface area contributed by atoms with Crippen molar-refractivity contribution < 1.29 is 18.5 Å². The highest BCUT2D eigenvalue weighted by molar-refractivity contribution is 7.89. The van der Waals surface area contributed by atoms with Crippen LogP contribution in [0.15, 0.2) is 23.1 Å². The van der Waals surface area contributed by atoms with Crippen molar-refractivity contribution in [2.75, 3.05) is 0 Å². The molecule has 1 rings (SSSR count). The Kier molecular flexibility index (Phi) is 3.18. The average Bonchev–Trinajstić information content (AvgIpc) is 2.02. The second-order valence-corrected chi connectivity index (χ2v) is 4.57. The summed E-state index contributed by atoms with van der Waals surface area (Å²) in [6, 6.07) is 3.43. The molecule has 0 spiro atoms. The standard InChI is InChI=1S/C6H7BClNO4S/c8-6-2-1-4(14(9,12)13)3-5(6)7(10)11/h1-3,10-11H,(H2,9,12,13). The van der Waals surface area contributed by atoms with Gasteiger partial charge >= 0.3 is 7.12 Å². The molecule has 0 radical (unpaired) electrons. The monoisotopic (exact) mass is 235 g/mol. The quantitative estimate of drug-likeness (QED) is 0.553. The van der Waals surface area contributed by atoms with Crippen LogP contribution in [-0.2, 0) is 10.0 Å². The van der Waals surface area contributed by atoms with Gasteiger partial charge in [0.15, 0.2) is 0 Å². The van der Waals surface area contributed by atoms with Gasteiger partial charge in [0.25, 0.3) is 0 Å². The first-order chi connectivity index (χ1) is 6.32. The second kappa shape index (κ2) is 3.88. The van der Waals surface area contributed by atoms with E-state index >= 15 is 0 Å². The molecule has 14 heavy (non-hydrogen) atoms. The zero-order valence-corrected chi connectivity index (χ0v) is 8.46. The van der Waals surface area contributed by atoms with Gasteiger partial charge in [-0.2, -0.15) is 0 Å². The number of hydrogen-bond donors (Lipinski definition) is 3. The highest BCUT2D eigenvalue weighted by Crippen LogP contribution is 2.11. The second-order valence-electron chi connectivity index (χ2n) is 2.60. The van der Waals surface area contributed by atoms with Crippen LogP contribution in [0.5, 0.6) is 0 Å². The molecular formula is C6H7BClNO4S. The van der Waals surface area contributed by atoms with Crippen molar-refractivity contribution in [1.29, 1.82) is 0 Å². The molecule has 8 heteroatoms. The van der Waals surface area contributed by atoms with Crippen LogP contribution < -0.4 is 10.6 Å². The van der Waals surface area contributed by atoms with E-state index < -0.39 is 17.1 Å². The Balaban J connectivity index is 3.34. The van der Waals surface area contributed by atoms with Crippen LogP contribution in [0.3, 0.4) is 0 Å². The third-order valence-corrected chi connectivity index (χ3v) is 2.83. The molecule has 4 N–H and O–H groups in total. The van der Waals surface area contributed by atoms with E-state index in [4.69, 9.17) is 26.8 Å². The van der Waals surface area contributed by atoms with Crippen molar-refractivity contribution in [3.8, 4) is 0 Å². The van der Waals surface area contributed by atoms with Crippen LogP contribution in [0.4, 0.5) is 0 Å². The molecule has 0 saturated carbocycles. The average molecular weight is 235 g/mol. The lowest BCUT2D eigenvalue weighted by Gasteiger charge is -2.04. The molecule has 0 fully saturated rings. The SMILES string of the molecule is NS(=O)(=O)c1ccc(Cl)c(B(O)O)c1. The Morgan fingerprint density at radius 2 is 1.93 bits per heavy atom. The van der Waals surface area contributed by atoms with Crippen molar-refractivity contribution in [1.82, 2.24) is 0 Å². The molecule has 0 amide bonds. The van der Waals surface area contributed by atoms with Crippen LogP contribution in [-0.4, -0.2) is 25.6 Å². The Labute approximate surface area is 86.3 Å². The number of primary sulfonamides is 1. The highest BCUT2D eigenvalue weighted by atomic mass is 35.5. The largest absolute Gasteiger partial charge is 0.490 e. The minimum absolute atomic E-state index is 0.0624. The summed E-state index contributed by atoms with van der Waals surface area (Å²) in [5.74, 6) is 0. The van der Waals surface area contributed by atoms with Crippen LogP contribution in [0, 0.1) is 0 Å². The van der Waals surface area contributed by atoms with Gasteiger partial charge in [-0.1, -0.05) is 11.6 Å². The van der Waals surface area contributed by atoms with E-state index in [2.05, 4.69) is 0 Å². The van der Waals surface area contributed by atoms with Gasteiger partial charge in [-0.25, -0.2) is 13.6 Å². The van der Waals surface area contributed by atoms with Gasteiger partial charge in [0, 0.05) is 10.5 Å². The molecule has 0 aromatic heterocycles. The molecular weight excluding hydrogens is 228 g/mol. The lowest BCUT2D eigenvalue weighted by Crippen LogP contribution is -2.31. The normalized spacial score (nSPS) is 11.4. The van der Waals surface area contributed by atoms with Gasteiger partial charge < -0.3 is 10.0 Å². The van der Waals surface area contributed by atoms with Crippen LogP contribution in [0.1, 0.15) is 0 Å². The fourth-order valence-corrected chi connectivity index (χ4v) is 1.66. The number of benzene rings is 1. The number of hydrogen-bond acceptors (Lipinski definition) is 4. The van der Waals surface area contributed by atoms with E-state index in [0.29, 0.717) is 0 Å². The fourth-order valence-electron chi connectivity index (χ4n) is 0.897. The van der Waals surface area contributed by atoms with Gasteiger partial charge in [0.2, 0.25) is 10.0 Å². The third-order valence-electron chi connectivity index (χ3n) is 1.57. The lowest BCUT2D eigenvalue weighted by atomic mass is 9.80. The maximum Gasteiger partial charge on any atom is 0.490 e. The van der Waals surface area contributed by atoms with Crippen molar-refractivity contribution >= 4 is 34.2 Å². The minimum atomic E-state index is -3.86. The van der Waals surface area contributed by atoms with Gasteiger partial charge in [0.1, 0.15) is 0 Å². The summed E-state index contributed by atoms with van der Waals surface area (Å²) in [6.45, 7) is 0. The molecule has 0 heterocycles. The summed E-state index contributed by atoms with van der Waals surface area (Å²) < 4.78 is 21.8. The lowest BCUT2D eigenvalue weighted by molar-refractivity contribution is 0.425. The van der Waals surface area contributed by atoms with E-state index in [0.717, 1.165) is 6.07 Å².